The molecule has 0 aliphatic rings. The summed E-state index contributed by atoms with van der Waals surface area (Å²) in [5.41, 5.74) is 1.85. The molecule has 0 unspecified atom stereocenters. The maximum Gasteiger partial charge on any atom is 0.358 e. The number of carbonyl (C=O) groups is 1. The standard InChI is InChI=1S/C15H13N3O2/c1-20-15(19)14-11-17-13(10-18-14)7-3-2-5-12-6-4-8-16-9-12/h4,6,8-11H,2,5H2,1H3. The number of pyridine rings is 1. The van der Waals surface area contributed by atoms with E-state index in [1.165, 1.54) is 19.5 Å². The number of nitrogens with zero attached hydrogens (tertiary/aromatic N) is 3. The van der Waals surface area contributed by atoms with Gasteiger partial charge < -0.3 is 4.74 Å². The van der Waals surface area contributed by atoms with Crippen LogP contribution in [-0.2, 0) is 11.2 Å². The van der Waals surface area contributed by atoms with Crippen LogP contribution >= 0.6 is 0 Å². The quantitative estimate of drug-likeness (QED) is 0.625. The van der Waals surface area contributed by atoms with E-state index >= 15 is 0 Å². The molecule has 0 N–H and O–H groups in total. The maximum absolute atomic E-state index is 11.2. The predicted molar refractivity (Wildman–Crippen MR) is 72.8 cm³/mol. The van der Waals surface area contributed by atoms with Crippen LogP contribution in [0.3, 0.4) is 0 Å². The van der Waals surface area contributed by atoms with Crippen molar-refractivity contribution in [1.29, 1.82) is 0 Å². The van der Waals surface area contributed by atoms with E-state index in [1.54, 1.807) is 6.20 Å². The minimum absolute atomic E-state index is 0.174. The van der Waals surface area contributed by atoms with Gasteiger partial charge in [0.1, 0.15) is 5.69 Å². The zero-order valence-corrected chi connectivity index (χ0v) is 11.0. The molecule has 2 aromatic rings. The van der Waals surface area contributed by atoms with Gasteiger partial charge in [0.2, 0.25) is 0 Å². The van der Waals surface area contributed by atoms with E-state index in [0.29, 0.717) is 12.1 Å². The maximum atomic E-state index is 11.2. The molecule has 0 fully saturated rings. The molecule has 0 bridgehead atoms. The predicted octanol–water partition coefficient (Wildman–Crippen LogP) is 1.64. The van der Waals surface area contributed by atoms with Gasteiger partial charge in [-0.1, -0.05) is 12.0 Å². The highest BCUT2D eigenvalue weighted by molar-refractivity contribution is 5.86. The van der Waals surface area contributed by atoms with Crippen LogP contribution in [0.25, 0.3) is 0 Å². The molecule has 0 saturated heterocycles. The lowest BCUT2D eigenvalue weighted by molar-refractivity contribution is 0.0593. The minimum Gasteiger partial charge on any atom is -0.464 e. The van der Waals surface area contributed by atoms with Crippen molar-refractivity contribution in [2.24, 2.45) is 0 Å². The molecule has 0 saturated carbocycles. The Labute approximate surface area is 117 Å². The van der Waals surface area contributed by atoms with E-state index < -0.39 is 5.97 Å². The molecule has 5 nitrogen and oxygen atoms in total. The normalized spacial score (nSPS) is 9.45. The van der Waals surface area contributed by atoms with Crippen LogP contribution in [0.5, 0.6) is 0 Å². The Morgan fingerprint density at radius 1 is 1.30 bits per heavy atom. The summed E-state index contributed by atoms with van der Waals surface area (Å²) < 4.78 is 4.54. The number of hydrogen-bond acceptors (Lipinski definition) is 5. The van der Waals surface area contributed by atoms with Gasteiger partial charge in [-0.3, -0.25) is 4.98 Å². The zero-order valence-electron chi connectivity index (χ0n) is 11.0. The van der Waals surface area contributed by atoms with Crippen LogP contribution in [-0.4, -0.2) is 28.0 Å². The summed E-state index contributed by atoms with van der Waals surface area (Å²) in [6, 6.07) is 3.92. The number of methoxy groups -OCH3 is 1. The Morgan fingerprint density at radius 3 is 2.85 bits per heavy atom. The van der Waals surface area contributed by atoms with E-state index in [0.717, 1.165) is 12.0 Å². The fraction of sp³-hybridized carbons (Fsp3) is 0.200. The number of rotatable bonds is 3. The average Bonchev–Trinajstić information content (AvgIpc) is 2.52. The van der Waals surface area contributed by atoms with Crippen molar-refractivity contribution < 1.29 is 9.53 Å². The Morgan fingerprint density at radius 2 is 2.20 bits per heavy atom. The lowest BCUT2D eigenvalue weighted by Crippen LogP contribution is -2.04. The molecular weight excluding hydrogens is 254 g/mol. The Bertz CT molecular complexity index is 628. The summed E-state index contributed by atoms with van der Waals surface area (Å²) in [6.07, 6.45) is 7.95. The van der Waals surface area contributed by atoms with E-state index in [4.69, 9.17) is 0 Å². The first kappa shape index (κ1) is 13.7. The third-order valence-corrected chi connectivity index (χ3v) is 2.52. The largest absolute Gasteiger partial charge is 0.464 e. The van der Waals surface area contributed by atoms with Crippen molar-refractivity contribution >= 4 is 5.97 Å². The second-order valence-corrected chi connectivity index (χ2v) is 3.94. The Kier molecular flexibility index (Phi) is 4.79. The van der Waals surface area contributed by atoms with Crippen molar-refractivity contribution in [3.63, 3.8) is 0 Å². The lowest BCUT2D eigenvalue weighted by atomic mass is 10.1. The average molecular weight is 267 g/mol. The van der Waals surface area contributed by atoms with Gasteiger partial charge in [-0.05, 0) is 24.0 Å². The number of aryl methyl sites for hydroxylation is 1. The highest BCUT2D eigenvalue weighted by Crippen LogP contribution is 2.00. The number of ether oxygens (including phenoxy) is 1. The molecule has 0 atom stereocenters. The Balaban J connectivity index is 1.91. The summed E-state index contributed by atoms with van der Waals surface area (Å²) in [6.45, 7) is 0. The monoisotopic (exact) mass is 267 g/mol. The van der Waals surface area contributed by atoms with Crippen molar-refractivity contribution in [3.05, 3.63) is 53.9 Å². The summed E-state index contributed by atoms with van der Waals surface area (Å²) in [5, 5.41) is 0. The third-order valence-electron chi connectivity index (χ3n) is 2.52. The summed E-state index contributed by atoms with van der Waals surface area (Å²) in [5.74, 6) is 5.41. The minimum atomic E-state index is -0.506. The van der Waals surface area contributed by atoms with Crippen molar-refractivity contribution in [2.75, 3.05) is 7.11 Å². The van der Waals surface area contributed by atoms with Crippen LogP contribution in [0.1, 0.15) is 28.2 Å². The molecule has 0 radical (unpaired) electrons. The molecule has 20 heavy (non-hydrogen) atoms. The first-order chi connectivity index (χ1) is 9.79. The SMILES string of the molecule is COC(=O)c1cnc(C#CCCc2cccnc2)cn1. The van der Waals surface area contributed by atoms with Gasteiger partial charge in [-0.15, -0.1) is 0 Å². The van der Waals surface area contributed by atoms with Gasteiger partial charge in [-0.2, -0.15) is 0 Å². The Hall–Kier alpha value is -2.74. The summed E-state index contributed by atoms with van der Waals surface area (Å²) in [4.78, 5) is 23.2. The molecule has 2 rings (SSSR count). The smallest absolute Gasteiger partial charge is 0.358 e. The molecule has 0 amide bonds. The molecule has 0 aliphatic heterocycles. The van der Waals surface area contributed by atoms with Gasteiger partial charge in [0, 0.05) is 18.8 Å². The second-order valence-electron chi connectivity index (χ2n) is 3.94. The summed E-state index contributed by atoms with van der Waals surface area (Å²) >= 11 is 0. The molecule has 2 aromatic heterocycles. The number of carbonyl (C=O) groups excluding carboxylic acids is 1. The van der Waals surface area contributed by atoms with Crippen LogP contribution in [0.4, 0.5) is 0 Å². The zero-order chi connectivity index (χ0) is 14.2. The van der Waals surface area contributed by atoms with Crippen molar-refractivity contribution in [3.8, 4) is 11.8 Å². The van der Waals surface area contributed by atoms with Crippen LogP contribution in [0.15, 0.2) is 36.9 Å². The molecular formula is C15H13N3O2. The van der Waals surface area contributed by atoms with Gasteiger partial charge in [-0.25, -0.2) is 14.8 Å². The lowest BCUT2D eigenvalue weighted by Gasteiger charge is -1.96. The molecule has 2 heterocycles. The van der Waals surface area contributed by atoms with E-state index in [1.807, 2.05) is 18.3 Å². The van der Waals surface area contributed by atoms with Crippen molar-refractivity contribution in [1.82, 2.24) is 15.0 Å². The second kappa shape index (κ2) is 7.00. The number of esters is 1. The van der Waals surface area contributed by atoms with Gasteiger partial charge >= 0.3 is 5.97 Å². The number of hydrogen-bond donors (Lipinski definition) is 0. The molecule has 0 aromatic carbocycles. The van der Waals surface area contributed by atoms with Crippen LogP contribution in [0.2, 0.25) is 0 Å². The third kappa shape index (κ3) is 3.89. The van der Waals surface area contributed by atoms with Gasteiger partial charge in [0.25, 0.3) is 0 Å². The van der Waals surface area contributed by atoms with E-state index in [-0.39, 0.29) is 5.69 Å². The van der Waals surface area contributed by atoms with Crippen molar-refractivity contribution in [2.45, 2.75) is 12.8 Å². The molecule has 5 heteroatoms. The first-order valence-corrected chi connectivity index (χ1v) is 6.07. The van der Waals surface area contributed by atoms with E-state index in [2.05, 4.69) is 31.5 Å². The molecule has 100 valence electrons. The number of aromatic nitrogens is 3. The van der Waals surface area contributed by atoms with Crippen LogP contribution < -0.4 is 0 Å². The summed E-state index contributed by atoms with van der Waals surface area (Å²) in [7, 11) is 1.30. The topological polar surface area (TPSA) is 65.0 Å². The molecule has 0 spiro atoms. The molecule has 0 aliphatic carbocycles. The first-order valence-electron chi connectivity index (χ1n) is 6.07. The fourth-order valence-electron chi connectivity index (χ4n) is 1.51. The highest BCUT2D eigenvalue weighted by atomic mass is 16.5. The van der Waals surface area contributed by atoms with E-state index in [9.17, 15) is 4.79 Å². The fourth-order valence-corrected chi connectivity index (χ4v) is 1.51. The van der Waals surface area contributed by atoms with Gasteiger partial charge in [0.05, 0.1) is 19.5 Å². The highest BCUT2D eigenvalue weighted by Gasteiger charge is 2.06. The van der Waals surface area contributed by atoms with Gasteiger partial charge in [0.15, 0.2) is 5.69 Å². The van der Waals surface area contributed by atoms with Crippen LogP contribution in [0, 0.1) is 11.8 Å².